The van der Waals surface area contributed by atoms with Gasteiger partial charge in [0.2, 0.25) is 5.69 Å². The van der Waals surface area contributed by atoms with Gasteiger partial charge in [0.25, 0.3) is 0 Å². The Bertz CT molecular complexity index is 457. The number of ether oxygens (including phenoxy) is 1. The molecule has 1 unspecified atom stereocenters. The molecule has 0 radical (unpaired) electrons. The van der Waals surface area contributed by atoms with E-state index in [1.165, 1.54) is 6.92 Å². The third-order valence-electron chi connectivity index (χ3n) is 2.74. The Morgan fingerprint density at radius 1 is 1.40 bits per heavy atom. The molecule has 0 saturated heterocycles. The Balaban J connectivity index is 3.10. The van der Waals surface area contributed by atoms with E-state index in [1.54, 1.807) is 0 Å². The molecule has 0 aliphatic heterocycles. The number of esters is 1. The lowest BCUT2D eigenvalue weighted by molar-refractivity contribution is -0.145. The van der Waals surface area contributed by atoms with Crippen molar-refractivity contribution < 1.29 is 22.7 Å². The van der Waals surface area contributed by atoms with Gasteiger partial charge in [-0.05, 0) is 19.3 Å². The van der Waals surface area contributed by atoms with Crippen molar-refractivity contribution in [3.8, 4) is 0 Å². The maximum Gasteiger partial charge on any atom is 0.435 e. The maximum atomic E-state index is 13.1. The van der Waals surface area contributed by atoms with Gasteiger partial charge in [-0.1, -0.05) is 25.5 Å². The van der Waals surface area contributed by atoms with Crippen LogP contribution in [0.2, 0.25) is 0 Å². The molecule has 0 amide bonds. The van der Waals surface area contributed by atoms with Gasteiger partial charge in [-0.3, -0.25) is 0 Å². The zero-order valence-electron chi connectivity index (χ0n) is 11.7. The molecule has 114 valence electrons. The maximum absolute atomic E-state index is 13.1. The zero-order valence-corrected chi connectivity index (χ0v) is 11.7. The average molecular weight is 293 g/mol. The Labute approximate surface area is 115 Å². The lowest BCUT2D eigenvalue weighted by Gasteiger charge is -2.14. The minimum Gasteiger partial charge on any atom is -0.461 e. The van der Waals surface area contributed by atoms with Crippen LogP contribution in [0.1, 0.15) is 49.8 Å². The summed E-state index contributed by atoms with van der Waals surface area (Å²) in [4.78, 5) is 11.5. The van der Waals surface area contributed by atoms with Crippen molar-refractivity contribution in [3.05, 3.63) is 11.4 Å². The van der Waals surface area contributed by atoms with E-state index in [2.05, 4.69) is 15.0 Å². The number of rotatable bonds is 6. The Morgan fingerprint density at radius 2 is 2.05 bits per heavy atom. The van der Waals surface area contributed by atoms with Gasteiger partial charge >= 0.3 is 12.1 Å². The fourth-order valence-corrected chi connectivity index (χ4v) is 1.94. The van der Waals surface area contributed by atoms with Crippen LogP contribution in [0, 0.1) is 5.92 Å². The van der Waals surface area contributed by atoms with Gasteiger partial charge in [0, 0.05) is 6.54 Å². The molecular formula is C12H18F3N3O2. The quantitative estimate of drug-likeness (QED) is 0.757. The predicted octanol–water partition coefficient (Wildman–Crippen LogP) is 2.91. The number of halogens is 3. The number of aromatic nitrogens is 3. The Morgan fingerprint density at radius 3 is 2.55 bits per heavy atom. The van der Waals surface area contributed by atoms with Gasteiger partial charge in [0.15, 0.2) is 5.69 Å². The standard InChI is InChI=1S/C12H18F3N3O2/c1-4-6-8(3)7-18-10(12(13,14)15)9(16-17-18)11(19)20-5-2/h8H,4-7H2,1-3H3. The van der Waals surface area contributed by atoms with Crippen LogP contribution in [-0.4, -0.2) is 27.6 Å². The van der Waals surface area contributed by atoms with Crippen molar-refractivity contribution in [1.29, 1.82) is 0 Å². The second kappa shape index (κ2) is 6.71. The van der Waals surface area contributed by atoms with Crippen LogP contribution in [-0.2, 0) is 17.5 Å². The molecule has 1 rings (SSSR count). The third kappa shape index (κ3) is 3.94. The molecule has 0 aliphatic rings. The van der Waals surface area contributed by atoms with Crippen molar-refractivity contribution in [3.63, 3.8) is 0 Å². The van der Waals surface area contributed by atoms with E-state index in [0.717, 1.165) is 17.5 Å². The van der Waals surface area contributed by atoms with Crippen molar-refractivity contribution in [2.45, 2.75) is 46.3 Å². The summed E-state index contributed by atoms with van der Waals surface area (Å²) in [6.07, 6.45) is -3.06. The van der Waals surface area contributed by atoms with E-state index in [-0.39, 0.29) is 19.1 Å². The van der Waals surface area contributed by atoms with Gasteiger partial charge in [-0.2, -0.15) is 13.2 Å². The van der Waals surface area contributed by atoms with Crippen LogP contribution in [0.3, 0.4) is 0 Å². The van der Waals surface area contributed by atoms with E-state index in [0.29, 0.717) is 0 Å². The number of nitrogens with zero attached hydrogens (tertiary/aromatic N) is 3. The molecule has 0 aliphatic carbocycles. The molecule has 0 fully saturated rings. The first kappa shape index (κ1) is 16.5. The Hall–Kier alpha value is -1.60. The first-order valence-corrected chi connectivity index (χ1v) is 6.49. The first-order valence-electron chi connectivity index (χ1n) is 6.49. The highest BCUT2D eigenvalue weighted by atomic mass is 19.4. The molecule has 0 aromatic carbocycles. The summed E-state index contributed by atoms with van der Waals surface area (Å²) < 4.78 is 44.5. The molecular weight excluding hydrogens is 275 g/mol. The van der Waals surface area contributed by atoms with E-state index in [9.17, 15) is 18.0 Å². The number of alkyl halides is 3. The first-order chi connectivity index (χ1) is 9.31. The molecule has 0 saturated carbocycles. The van der Waals surface area contributed by atoms with Gasteiger partial charge < -0.3 is 4.74 Å². The molecule has 8 heteroatoms. The zero-order chi connectivity index (χ0) is 15.3. The van der Waals surface area contributed by atoms with Crippen molar-refractivity contribution >= 4 is 5.97 Å². The van der Waals surface area contributed by atoms with E-state index in [4.69, 9.17) is 0 Å². The van der Waals surface area contributed by atoms with Crippen molar-refractivity contribution in [2.75, 3.05) is 6.61 Å². The molecule has 0 bridgehead atoms. The summed E-state index contributed by atoms with van der Waals surface area (Å²) in [6.45, 7) is 5.34. The van der Waals surface area contributed by atoms with Crippen LogP contribution in [0.4, 0.5) is 13.2 Å². The summed E-state index contributed by atoms with van der Waals surface area (Å²) in [5.74, 6) is -1.09. The SMILES string of the molecule is CCCC(C)Cn1nnc(C(=O)OCC)c1C(F)(F)F. The summed E-state index contributed by atoms with van der Waals surface area (Å²) in [7, 11) is 0. The minimum absolute atomic E-state index is 0.0119. The molecule has 1 heterocycles. The van der Waals surface area contributed by atoms with Crippen LogP contribution in [0.15, 0.2) is 0 Å². The van der Waals surface area contributed by atoms with Crippen LogP contribution >= 0.6 is 0 Å². The monoisotopic (exact) mass is 293 g/mol. The number of hydrogen-bond acceptors (Lipinski definition) is 4. The van der Waals surface area contributed by atoms with Gasteiger partial charge in [0.05, 0.1) is 6.61 Å². The highest BCUT2D eigenvalue weighted by Crippen LogP contribution is 2.32. The fourth-order valence-electron chi connectivity index (χ4n) is 1.94. The second-order valence-corrected chi connectivity index (χ2v) is 4.58. The average Bonchev–Trinajstić information content (AvgIpc) is 2.73. The number of carbonyl (C=O) groups is 1. The molecule has 20 heavy (non-hydrogen) atoms. The summed E-state index contributed by atoms with van der Waals surface area (Å²) >= 11 is 0. The number of hydrogen-bond donors (Lipinski definition) is 0. The molecule has 0 spiro atoms. The summed E-state index contributed by atoms with van der Waals surface area (Å²) in [5.41, 5.74) is -1.91. The molecule has 1 atom stereocenters. The van der Waals surface area contributed by atoms with Gasteiger partial charge in [-0.15, -0.1) is 5.10 Å². The summed E-state index contributed by atoms with van der Waals surface area (Å²) in [5, 5.41) is 6.79. The molecule has 5 nitrogen and oxygen atoms in total. The smallest absolute Gasteiger partial charge is 0.435 e. The highest BCUT2D eigenvalue weighted by molar-refractivity contribution is 5.88. The topological polar surface area (TPSA) is 57.0 Å². The van der Waals surface area contributed by atoms with E-state index in [1.807, 2.05) is 13.8 Å². The van der Waals surface area contributed by atoms with E-state index >= 15 is 0 Å². The lowest BCUT2D eigenvalue weighted by Crippen LogP contribution is -2.21. The van der Waals surface area contributed by atoms with Crippen molar-refractivity contribution in [2.24, 2.45) is 5.92 Å². The Kier molecular flexibility index (Phi) is 5.52. The fraction of sp³-hybridized carbons (Fsp3) is 0.750. The van der Waals surface area contributed by atoms with Crippen LogP contribution < -0.4 is 0 Å². The third-order valence-corrected chi connectivity index (χ3v) is 2.74. The molecule has 1 aromatic rings. The van der Waals surface area contributed by atoms with Gasteiger partial charge in [0.1, 0.15) is 0 Å². The normalized spacial score (nSPS) is 13.3. The minimum atomic E-state index is -4.70. The van der Waals surface area contributed by atoms with Crippen LogP contribution in [0.5, 0.6) is 0 Å². The second-order valence-electron chi connectivity index (χ2n) is 4.58. The highest BCUT2D eigenvalue weighted by Gasteiger charge is 2.42. The lowest BCUT2D eigenvalue weighted by atomic mass is 10.1. The van der Waals surface area contributed by atoms with Crippen LogP contribution in [0.25, 0.3) is 0 Å². The summed E-state index contributed by atoms with van der Waals surface area (Å²) in [6, 6.07) is 0. The molecule has 1 aromatic heterocycles. The number of carbonyl (C=O) groups excluding carboxylic acids is 1. The van der Waals surface area contributed by atoms with Crippen molar-refractivity contribution in [1.82, 2.24) is 15.0 Å². The van der Waals surface area contributed by atoms with E-state index < -0.39 is 23.5 Å². The largest absolute Gasteiger partial charge is 0.461 e. The predicted molar refractivity (Wildman–Crippen MR) is 65.1 cm³/mol. The molecule has 0 N–H and O–H groups in total. The van der Waals surface area contributed by atoms with Gasteiger partial charge in [-0.25, -0.2) is 9.48 Å².